The smallest absolute Gasteiger partial charge is 0.164 e. The van der Waals surface area contributed by atoms with E-state index >= 15 is 0 Å². The largest absolute Gasteiger partial charge is 0.512 e. The molecule has 0 aliphatic carbocycles. The minimum atomic E-state index is -0.337. The van der Waals surface area contributed by atoms with Crippen molar-refractivity contribution >= 4 is 49.4 Å². The first-order valence-electron chi connectivity index (χ1n) is 17.0. The monoisotopic (exact) mass is 820 g/mol. The van der Waals surface area contributed by atoms with Crippen molar-refractivity contribution in [3.8, 4) is 11.3 Å². The molecule has 0 bridgehead atoms. The number of carbonyl (C=O) groups excluding carboxylic acids is 1. The minimum Gasteiger partial charge on any atom is -0.512 e. The van der Waals surface area contributed by atoms with Gasteiger partial charge in [0, 0.05) is 42.7 Å². The molecule has 6 aromatic rings. The van der Waals surface area contributed by atoms with Gasteiger partial charge >= 0.3 is 0 Å². The maximum absolute atomic E-state index is 12.2. The predicted octanol–water partition coefficient (Wildman–Crippen LogP) is 11.9. The van der Waals surface area contributed by atoms with Crippen molar-refractivity contribution in [2.75, 3.05) is 0 Å². The molecule has 48 heavy (non-hydrogen) atoms. The molecule has 0 spiro atoms. The van der Waals surface area contributed by atoms with E-state index in [9.17, 15) is 9.90 Å². The summed E-state index contributed by atoms with van der Waals surface area (Å²) < 4.78 is 6.33. The van der Waals surface area contributed by atoms with Gasteiger partial charge in [-0.2, -0.15) is 0 Å². The normalized spacial score (nSPS) is 12.4. The predicted molar refractivity (Wildman–Crippen MR) is 196 cm³/mol. The molecule has 0 unspecified atom stereocenters. The third-order valence-corrected chi connectivity index (χ3v) is 10.5. The molecular weight excluding hydrogens is 773 g/mol. The number of aliphatic hydroxyl groups is 1. The Kier molecular flexibility index (Phi) is 11.7. The van der Waals surface area contributed by atoms with E-state index in [4.69, 9.17) is 4.42 Å². The van der Waals surface area contributed by atoms with Crippen molar-refractivity contribution in [2.24, 2.45) is 10.8 Å². The molecule has 6 heteroatoms. The number of benzene rings is 4. The summed E-state index contributed by atoms with van der Waals surface area (Å²) in [6.45, 7) is 16.5. The molecule has 5 nitrogen and oxygen atoms in total. The zero-order valence-electron chi connectivity index (χ0n) is 29.4. The summed E-state index contributed by atoms with van der Waals surface area (Å²) in [7, 11) is 0. The molecule has 0 amide bonds. The Morgan fingerprint density at radius 2 is 1.46 bits per heavy atom. The van der Waals surface area contributed by atoms with Crippen LogP contribution in [-0.2, 0) is 24.9 Å². The fourth-order valence-corrected chi connectivity index (χ4v) is 6.13. The molecule has 253 valence electrons. The van der Waals surface area contributed by atoms with E-state index in [1.807, 2.05) is 53.7 Å². The fourth-order valence-electron chi connectivity index (χ4n) is 6.13. The third-order valence-electron chi connectivity index (χ3n) is 10.5. The van der Waals surface area contributed by atoms with Crippen LogP contribution in [0.15, 0.2) is 89.3 Å². The van der Waals surface area contributed by atoms with E-state index < -0.39 is 0 Å². The molecule has 0 atom stereocenters. The maximum atomic E-state index is 12.2. The molecule has 0 fully saturated rings. The van der Waals surface area contributed by atoms with Crippen LogP contribution in [0.1, 0.15) is 92.6 Å². The van der Waals surface area contributed by atoms with Crippen LogP contribution in [-0.4, -0.2) is 20.9 Å². The van der Waals surface area contributed by atoms with Crippen molar-refractivity contribution in [3.63, 3.8) is 0 Å². The van der Waals surface area contributed by atoms with E-state index in [-0.39, 0.29) is 42.5 Å². The Hall–Kier alpha value is -3.86. The van der Waals surface area contributed by atoms with Gasteiger partial charge in [-0.1, -0.05) is 127 Å². The van der Waals surface area contributed by atoms with Crippen molar-refractivity contribution in [1.29, 1.82) is 0 Å². The van der Waals surface area contributed by atoms with Gasteiger partial charge in [-0.15, -0.1) is 23.3 Å². The standard InChI is InChI=1S/C27H19N2O.C15H28O2.Ir/c1-16(2)18-12-13-22(21-10-6-5-9-20(18)21)25-27-26(29-15-28-25)24-19-8-4-3-7-17(19)11-14-23(24)30-27;1-7-14(5,8-2)12(16)11-13(17)15(6,9-3)10-4;/h3-12,14-16H,1-2H3;11,16H,7-10H2,1-6H3;/q-1;;/b;12-11-;. The average molecular weight is 820 g/mol. The van der Waals surface area contributed by atoms with Crippen LogP contribution in [0.4, 0.5) is 0 Å². The van der Waals surface area contributed by atoms with Crippen LogP contribution in [0.5, 0.6) is 0 Å². The summed E-state index contributed by atoms with van der Waals surface area (Å²) in [6, 6.07) is 26.5. The van der Waals surface area contributed by atoms with E-state index in [0.29, 0.717) is 11.5 Å². The molecule has 0 aliphatic rings. The van der Waals surface area contributed by atoms with Gasteiger partial charge in [-0.3, -0.25) is 9.78 Å². The molecule has 0 saturated carbocycles. The van der Waals surface area contributed by atoms with Gasteiger partial charge in [0.1, 0.15) is 28.8 Å². The summed E-state index contributed by atoms with van der Waals surface area (Å²) in [5.74, 6) is 0.705. The molecule has 4 aromatic carbocycles. The Labute approximate surface area is 298 Å². The first-order chi connectivity index (χ1) is 22.5. The topological polar surface area (TPSA) is 76.2 Å². The second-order valence-corrected chi connectivity index (χ2v) is 13.4. The number of fused-ring (bicyclic) bond motifs is 6. The van der Waals surface area contributed by atoms with Gasteiger partial charge in [-0.05, 0) is 42.5 Å². The van der Waals surface area contributed by atoms with Crippen molar-refractivity contribution in [2.45, 2.75) is 87.0 Å². The van der Waals surface area contributed by atoms with Crippen molar-refractivity contribution in [1.82, 2.24) is 9.97 Å². The van der Waals surface area contributed by atoms with Crippen LogP contribution in [0, 0.1) is 16.9 Å². The first kappa shape index (κ1) is 37.0. The number of aromatic nitrogens is 2. The van der Waals surface area contributed by atoms with Gasteiger partial charge in [0.15, 0.2) is 5.78 Å². The van der Waals surface area contributed by atoms with Crippen LogP contribution in [0.25, 0.3) is 54.9 Å². The number of ketones is 1. The third kappa shape index (κ3) is 6.84. The fraction of sp³-hybridized carbons (Fsp3) is 0.357. The number of aliphatic hydroxyl groups excluding tert-OH is 1. The number of rotatable bonds is 9. The molecule has 0 saturated heterocycles. The van der Waals surface area contributed by atoms with E-state index in [2.05, 4.69) is 84.5 Å². The Morgan fingerprint density at radius 1 is 0.854 bits per heavy atom. The number of carbonyl (C=O) groups is 1. The SMILES string of the molecule is CC(C)c1c[c-]c(-c2ncnc3c2oc2ccc4ccccc4c23)c2ccccc12.CCC(C)(CC)C(=O)/C=C(\O)C(C)(CC)CC.[Ir]. The second-order valence-electron chi connectivity index (χ2n) is 13.4. The molecule has 2 heterocycles. The minimum absolute atomic E-state index is 0. The summed E-state index contributed by atoms with van der Waals surface area (Å²) >= 11 is 0. The average Bonchev–Trinajstić information content (AvgIpc) is 3.50. The molecule has 2 aromatic heterocycles. The van der Waals surface area contributed by atoms with Crippen LogP contribution < -0.4 is 0 Å². The van der Waals surface area contributed by atoms with Crippen molar-refractivity contribution < 1.29 is 34.4 Å². The van der Waals surface area contributed by atoms with E-state index in [1.165, 1.54) is 22.4 Å². The Bertz CT molecular complexity index is 2080. The van der Waals surface area contributed by atoms with Crippen LogP contribution in [0.3, 0.4) is 0 Å². The number of hydrogen-bond donors (Lipinski definition) is 1. The van der Waals surface area contributed by atoms with Gasteiger partial charge < -0.3 is 9.52 Å². The molecule has 6 rings (SSSR count). The summed E-state index contributed by atoms with van der Waals surface area (Å²) in [5.41, 5.74) is 4.80. The Balaban J connectivity index is 0.000000251. The molecule has 1 N–H and O–H groups in total. The van der Waals surface area contributed by atoms with Crippen LogP contribution in [0.2, 0.25) is 0 Å². The molecule has 0 aliphatic heterocycles. The van der Waals surface area contributed by atoms with Gasteiger partial charge in [-0.25, -0.2) is 4.98 Å². The zero-order valence-corrected chi connectivity index (χ0v) is 31.8. The van der Waals surface area contributed by atoms with Gasteiger partial charge in [0.2, 0.25) is 0 Å². The van der Waals surface area contributed by atoms with E-state index in [1.54, 1.807) is 6.33 Å². The number of allylic oxidation sites excluding steroid dienone is 2. The van der Waals surface area contributed by atoms with Gasteiger partial charge in [0.05, 0.1) is 5.39 Å². The first-order valence-corrected chi connectivity index (χ1v) is 17.0. The second kappa shape index (κ2) is 15.1. The summed E-state index contributed by atoms with van der Waals surface area (Å²) in [5, 5.41) is 15.8. The number of nitrogens with zero attached hydrogens (tertiary/aromatic N) is 2. The zero-order chi connectivity index (χ0) is 33.9. The molecule has 1 radical (unpaired) electrons. The quantitative estimate of drug-likeness (QED) is 0.0893. The molecular formula is C42H47IrN2O3-. The summed E-state index contributed by atoms with van der Waals surface area (Å²) in [6.07, 6.45) is 6.39. The van der Waals surface area contributed by atoms with Crippen molar-refractivity contribution in [3.05, 3.63) is 96.5 Å². The van der Waals surface area contributed by atoms with Crippen LogP contribution >= 0.6 is 0 Å². The number of furan rings is 1. The van der Waals surface area contributed by atoms with E-state index in [0.717, 1.165) is 64.2 Å². The van der Waals surface area contributed by atoms with Gasteiger partial charge in [0.25, 0.3) is 0 Å². The summed E-state index contributed by atoms with van der Waals surface area (Å²) in [4.78, 5) is 21.4. The Morgan fingerprint density at radius 3 is 2.08 bits per heavy atom. The number of hydrogen-bond acceptors (Lipinski definition) is 5. The maximum Gasteiger partial charge on any atom is 0.164 e.